The van der Waals surface area contributed by atoms with E-state index in [0.717, 1.165) is 12.8 Å². The zero-order valence-corrected chi connectivity index (χ0v) is 12.3. The van der Waals surface area contributed by atoms with Crippen LogP contribution >= 0.6 is 0 Å². The molecule has 120 valence electrons. The third-order valence-corrected chi connectivity index (χ3v) is 3.89. The molecule has 1 aromatic rings. The maximum Gasteiger partial charge on any atom is 0.401 e. The van der Waals surface area contributed by atoms with E-state index in [9.17, 15) is 13.2 Å². The summed E-state index contributed by atoms with van der Waals surface area (Å²) in [5.41, 5.74) is 0. The van der Waals surface area contributed by atoms with Gasteiger partial charge in [-0.1, -0.05) is 5.16 Å². The van der Waals surface area contributed by atoms with Crippen molar-refractivity contribution in [1.82, 2.24) is 20.4 Å². The highest BCUT2D eigenvalue weighted by Crippen LogP contribution is 2.24. The lowest BCUT2D eigenvalue weighted by atomic mass is 9.90. The quantitative estimate of drug-likeness (QED) is 0.903. The van der Waals surface area contributed by atoms with Crippen molar-refractivity contribution in [3.63, 3.8) is 0 Å². The van der Waals surface area contributed by atoms with Crippen molar-refractivity contribution in [2.24, 2.45) is 5.92 Å². The number of halogens is 3. The van der Waals surface area contributed by atoms with E-state index >= 15 is 0 Å². The Morgan fingerprint density at radius 3 is 2.57 bits per heavy atom. The molecule has 1 aliphatic heterocycles. The molecule has 1 atom stereocenters. The maximum absolute atomic E-state index is 12.3. The number of hydrogen-bond acceptors (Lipinski definition) is 5. The number of nitrogens with zero attached hydrogens (tertiary/aromatic N) is 3. The molecule has 0 spiro atoms. The van der Waals surface area contributed by atoms with Crippen LogP contribution in [0.3, 0.4) is 0 Å². The summed E-state index contributed by atoms with van der Waals surface area (Å²) < 4.78 is 42.0. The number of aryl methyl sites for hydroxylation is 1. The topological polar surface area (TPSA) is 54.2 Å². The van der Waals surface area contributed by atoms with Crippen LogP contribution in [0.1, 0.15) is 31.5 Å². The third-order valence-electron chi connectivity index (χ3n) is 3.89. The fourth-order valence-electron chi connectivity index (χ4n) is 2.69. The van der Waals surface area contributed by atoms with Gasteiger partial charge < -0.3 is 9.84 Å². The molecular weight excluding hydrogens is 285 g/mol. The van der Waals surface area contributed by atoms with Crippen LogP contribution in [-0.4, -0.2) is 46.9 Å². The van der Waals surface area contributed by atoms with E-state index in [1.807, 2.05) is 6.92 Å². The Labute approximate surface area is 121 Å². The number of hydrogen-bond donors (Lipinski definition) is 1. The minimum absolute atomic E-state index is 0.213. The Balaban J connectivity index is 1.71. The lowest BCUT2D eigenvalue weighted by molar-refractivity contribution is -0.148. The van der Waals surface area contributed by atoms with Crippen LogP contribution in [0.15, 0.2) is 4.52 Å². The van der Waals surface area contributed by atoms with E-state index in [1.54, 1.807) is 6.92 Å². The van der Waals surface area contributed by atoms with Crippen molar-refractivity contribution in [2.45, 2.75) is 45.5 Å². The zero-order valence-electron chi connectivity index (χ0n) is 12.3. The van der Waals surface area contributed by atoms with Gasteiger partial charge in [-0.05, 0) is 45.7 Å². The first-order chi connectivity index (χ1) is 9.83. The fourth-order valence-corrected chi connectivity index (χ4v) is 2.69. The summed E-state index contributed by atoms with van der Waals surface area (Å²) in [6.07, 6.45) is -2.56. The van der Waals surface area contributed by atoms with E-state index in [-0.39, 0.29) is 6.04 Å². The monoisotopic (exact) mass is 306 g/mol. The highest BCUT2D eigenvalue weighted by atomic mass is 19.4. The average molecular weight is 306 g/mol. The van der Waals surface area contributed by atoms with E-state index < -0.39 is 12.7 Å². The number of rotatable bonds is 5. The van der Waals surface area contributed by atoms with Crippen molar-refractivity contribution >= 4 is 0 Å². The SMILES string of the molecule is Cc1noc(CNC(C)C2CCN(CC(F)(F)F)CC2)n1. The summed E-state index contributed by atoms with van der Waals surface area (Å²) in [4.78, 5) is 5.58. The summed E-state index contributed by atoms with van der Waals surface area (Å²) in [6.45, 7) is 4.49. The molecule has 0 radical (unpaired) electrons. The van der Waals surface area contributed by atoms with Gasteiger partial charge in [0.25, 0.3) is 0 Å². The predicted octanol–water partition coefficient (Wildman–Crippen LogP) is 2.13. The highest BCUT2D eigenvalue weighted by Gasteiger charge is 2.33. The first-order valence-corrected chi connectivity index (χ1v) is 7.15. The predicted molar refractivity (Wildman–Crippen MR) is 70.6 cm³/mol. The molecule has 0 amide bonds. The molecular formula is C13H21F3N4O. The third kappa shape index (κ3) is 5.28. The van der Waals surface area contributed by atoms with Crippen molar-refractivity contribution in [3.8, 4) is 0 Å². The summed E-state index contributed by atoms with van der Waals surface area (Å²) in [6, 6.07) is 0.213. The van der Waals surface area contributed by atoms with Crippen LogP contribution in [-0.2, 0) is 6.54 Å². The first kappa shape index (κ1) is 16.2. The number of likely N-dealkylation sites (tertiary alicyclic amines) is 1. The minimum Gasteiger partial charge on any atom is -0.338 e. The Bertz CT molecular complexity index is 441. The number of alkyl halides is 3. The molecule has 2 rings (SSSR count). The molecule has 1 saturated heterocycles. The number of nitrogens with one attached hydrogen (secondary N) is 1. The van der Waals surface area contributed by atoms with Gasteiger partial charge in [-0.3, -0.25) is 4.90 Å². The van der Waals surface area contributed by atoms with E-state index in [1.165, 1.54) is 4.90 Å². The van der Waals surface area contributed by atoms with Gasteiger partial charge in [0.2, 0.25) is 5.89 Å². The Kier molecular flexibility index (Phi) is 5.21. The van der Waals surface area contributed by atoms with E-state index in [2.05, 4.69) is 15.5 Å². The Morgan fingerprint density at radius 2 is 2.05 bits per heavy atom. The van der Waals surface area contributed by atoms with Crippen molar-refractivity contribution in [1.29, 1.82) is 0 Å². The minimum atomic E-state index is -4.10. The number of piperidine rings is 1. The first-order valence-electron chi connectivity index (χ1n) is 7.15. The normalized spacial score (nSPS) is 19.9. The van der Waals surface area contributed by atoms with Crippen molar-refractivity contribution in [3.05, 3.63) is 11.7 Å². The van der Waals surface area contributed by atoms with Gasteiger partial charge in [0.15, 0.2) is 5.82 Å². The molecule has 0 aliphatic carbocycles. The molecule has 2 heterocycles. The largest absolute Gasteiger partial charge is 0.401 e. The molecule has 1 N–H and O–H groups in total. The molecule has 0 saturated carbocycles. The second-order valence-electron chi connectivity index (χ2n) is 5.63. The zero-order chi connectivity index (χ0) is 15.5. The van der Waals surface area contributed by atoms with Gasteiger partial charge in [-0.15, -0.1) is 0 Å². The van der Waals surface area contributed by atoms with Gasteiger partial charge in [-0.25, -0.2) is 0 Å². The van der Waals surface area contributed by atoms with Crippen LogP contribution in [0.25, 0.3) is 0 Å². The van der Waals surface area contributed by atoms with Crippen molar-refractivity contribution in [2.75, 3.05) is 19.6 Å². The molecule has 1 fully saturated rings. The fraction of sp³-hybridized carbons (Fsp3) is 0.846. The summed E-state index contributed by atoms with van der Waals surface area (Å²) >= 11 is 0. The standard InChI is InChI=1S/C13H21F3N4O/c1-9(17-7-12-18-10(2)19-21-12)11-3-5-20(6-4-11)8-13(14,15)16/h9,11,17H,3-8H2,1-2H3. The maximum atomic E-state index is 12.3. The molecule has 1 aromatic heterocycles. The van der Waals surface area contributed by atoms with Crippen LogP contribution in [0, 0.1) is 12.8 Å². The molecule has 5 nitrogen and oxygen atoms in total. The second-order valence-corrected chi connectivity index (χ2v) is 5.63. The van der Waals surface area contributed by atoms with E-state index in [0.29, 0.717) is 37.3 Å². The summed E-state index contributed by atoms with van der Waals surface area (Å²) in [7, 11) is 0. The van der Waals surface area contributed by atoms with Gasteiger partial charge in [-0.2, -0.15) is 18.2 Å². The van der Waals surface area contributed by atoms with E-state index in [4.69, 9.17) is 4.52 Å². The van der Waals surface area contributed by atoms with Gasteiger partial charge >= 0.3 is 6.18 Å². The van der Waals surface area contributed by atoms with Gasteiger partial charge in [0.05, 0.1) is 13.1 Å². The molecule has 1 aliphatic rings. The lowest BCUT2D eigenvalue weighted by Crippen LogP contribution is -2.44. The lowest BCUT2D eigenvalue weighted by Gasteiger charge is -2.35. The number of aromatic nitrogens is 2. The van der Waals surface area contributed by atoms with Crippen LogP contribution in [0.4, 0.5) is 13.2 Å². The summed E-state index contributed by atoms with van der Waals surface area (Å²) in [5, 5.41) is 7.02. The molecule has 21 heavy (non-hydrogen) atoms. The average Bonchev–Trinajstić information content (AvgIpc) is 2.81. The smallest absolute Gasteiger partial charge is 0.338 e. The second kappa shape index (κ2) is 6.74. The van der Waals surface area contributed by atoms with Crippen LogP contribution in [0.2, 0.25) is 0 Å². The Morgan fingerprint density at radius 1 is 1.38 bits per heavy atom. The van der Waals surface area contributed by atoms with Gasteiger partial charge in [0, 0.05) is 6.04 Å². The van der Waals surface area contributed by atoms with Gasteiger partial charge in [0.1, 0.15) is 0 Å². The Hall–Kier alpha value is -1.15. The molecule has 8 heteroatoms. The summed E-state index contributed by atoms with van der Waals surface area (Å²) in [5.74, 6) is 1.51. The molecule has 1 unspecified atom stereocenters. The van der Waals surface area contributed by atoms with Crippen LogP contribution < -0.4 is 5.32 Å². The van der Waals surface area contributed by atoms with Crippen LogP contribution in [0.5, 0.6) is 0 Å². The molecule has 0 bridgehead atoms. The highest BCUT2D eigenvalue weighted by molar-refractivity contribution is 4.85. The van der Waals surface area contributed by atoms with Crippen molar-refractivity contribution < 1.29 is 17.7 Å². The molecule has 0 aromatic carbocycles.